The first-order chi connectivity index (χ1) is 13.2. The molecule has 28 heavy (non-hydrogen) atoms. The van der Waals surface area contributed by atoms with Crippen molar-refractivity contribution in [2.45, 2.75) is 26.9 Å². The lowest BCUT2D eigenvalue weighted by molar-refractivity contribution is -0.690. The highest BCUT2D eigenvalue weighted by Gasteiger charge is 2.47. The molecule has 0 aliphatic carbocycles. The summed E-state index contributed by atoms with van der Waals surface area (Å²) in [5.41, 5.74) is 0.291. The average Bonchev–Trinajstić information content (AvgIpc) is 2.85. The van der Waals surface area contributed by atoms with E-state index in [-0.39, 0.29) is 22.9 Å². The molecule has 0 radical (unpaired) electrons. The number of hydrogen-bond donors (Lipinski definition) is 0. The van der Waals surface area contributed by atoms with E-state index in [9.17, 15) is 17.6 Å². The number of nitrogens with zero attached hydrogens (tertiary/aromatic N) is 2. The van der Waals surface area contributed by atoms with Gasteiger partial charge in [-0.25, -0.2) is 0 Å². The van der Waals surface area contributed by atoms with Gasteiger partial charge in [-0.1, -0.05) is 0 Å². The highest BCUT2D eigenvalue weighted by Crippen LogP contribution is 2.35. The summed E-state index contributed by atoms with van der Waals surface area (Å²) in [4.78, 5) is 0. The summed E-state index contributed by atoms with van der Waals surface area (Å²) in [5.74, 6) is -3.29. The van der Waals surface area contributed by atoms with Crippen LogP contribution in [0.15, 0.2) is 24.3 Å². The van der Waals surface area contributed by atoms with Crippen LogP contribution in [0, 0.1) is 23.3 Å². The molecule has 0 N–H and O–H groups in total. The van der Waals surface area contributed by atoms with Gasteiger partial charge < -0.3 is 9.47 Å². The summed E-state index contributed by atoms with van der Waals surface area (Å²) in [5, 5.41) is 0. The molecule has 0 amide bonds. The summed E-state index contributed by atoms with van der Waals surface area (Å²) < 4.78 is 71.1. The van der Waals surface area contributed by atoms with Crippen molar-refractivity contribution >= 4 is 22.8 Å². The summed E-state index contributed by atoms with van der Waals surface area (Å²) in [6.07, 6.45) is -0.783. The largest absolute Gasteiger partial charge is 0.497 e. The molecule has 0 spiro atoms. The SMILES string of the molecule is COc1cc(F)c([N+]2=C(C)C(C)=[N+](c3c(F)cc(OC)cc3F)C2C)c(F)c1. The Kier molecular flexibility index (Phi) is 5.14. The lowest BCUT2D eigenvalue weighted by atomic mass is 10.2. The zero-order valence-electron chi connectivity index (χ0n) is 16.1. The Bertz CT molecular complexity index is 903. The monoisotopic (exact) mass is 396 g/mol. The molecule has 1 aliphatic heterocycles. The van der Waals surface area contributed by atoms with Gasteiger partial charge in [-0.2, -0.15) is 17.6 Å². The number of rotatable bonds is 4. The smallest absolute Gasteiger partial charge is 0.351 e. The zero-order valence-corrected chi connectivity index (χ0v) is 16.1. The van der Waals surface area contributed by atoms with Gasteiger partial charge in [0.25, 0.3) is 22.8 Å². The predicted octanol–water partition coefficient (Wildman–Crippen LogP) is 4.53. The van der Waals surface area contributed by atoms with E-state index < -0.39 is 29.4 Å². The molecule has 0 fully saturated rings. The Labute approximate surface area is 160 Å². The lowest BCUT2D eigenvalue weighted by Gasteiger charge is -2.10. The third kappa shape index (κ3) is 3.02. The number of halogens is 4. The van der Waals surface area contributed by atoms with Crippen LogP contribution in [0.25, 0.3) is 0 Å². The van der Waals surface area contributed by atoms with Crippen molar-refractivity contribution in [1.82, 2.24) is 0 Å². The van der Waals surface area contributed by atoms with E-state index in [0.717, 1.165) is 24.3 Å². The van der Waals surface area contributed by atoms with Gasteiger partial charge >= 0.3 is 6.17 Å². The molecular weight excluding hydrogens is 376 g/mol. The fraction of sp³-hybridized carbons (Fsp3) is 0.300. The highest BCUT2D eigenvalue weighted by molar-refractivity contribution is 6.37. The van der Waals surface area contributed by atoms with Gasteiger partial charge in [0.15, 0.2) is 0 Å². The van der Waals surface area contributed by atoms with Crippen molar-refractivity contribution in [3.05, 3.63) is 47.5 Å². The molecule has 1 heterocycles. The fourth-order valence-electron chi connectivity index (χ4n) is 3.51. The lowest BCUT2D eigenvalue weighted by Crippen LogP contribution is -2.27. The van der Waals surface area contributed by atoms with Crippen molar-refractivity contribution in [3.8, 4) is 11.5 Å². The molecule has 2 aromatic carbocycles. The molecule has 2 aromatic rings. The average molecular weight is 396 g/mol. The molecule has 3 rings (SSSR count). The van der Waals surface area contributed by atoms with E-state index in [2.05, 4.69) is 0 Å². The first kappa shape index (κ1) is 19.9. The van der Waals surface area contributed by atoms with Crippen LogP contribution >= 0.6 is 0 Å². The third-order valence-electron chi connectivity index (χ3n) is 4.93. The molecule has 4 nitrogen and oxygen atoms in total. The van der Waals surface area contributed by atoms with Crippen molar-refractivity contribution in [2.24, 2.45) is 0 Å². The molecule has 0 saturated carbocycles. The second-order valence-electron chi connectivity index (χ2n) is 6.42. The zero-order chi connectivity index (χ0) is 20.7. The van der Waals surface area contributed by atoms with Crippen molar-refractivity contribution < 1.29 is 36.2 Å². The van der Waals surface area contributed by atoms with E-state index in [0.29, 0.717) is 11.4 Å². The molecular formula is C20H20F4N2O2+2. The van der Waals surface area contributed by atoms with E-state index in [1.807, 2.05) is 0 Å². The molecule has 0 saturated heterocycles. The van der Waals surface area contributed by atoms with Crippen molar-refractivity contribution in [1.29, 1.82) is 0 Å². The Morgan fingerprint density at radius 2 is 0.964 bits per heavy atom. The summed E-state index contributed by atoms with van der Waals surface area (Å²) in [7, 11) is 2.61. The maximum Gasteiger partial charge on any atom is 0.351 e. The topological polar surface area (TPSA) is 24.5 Å². The molecule has 0 unspecified atom stereocenters. The standard InChI is InChI=1S/C20H20F4N2O2/c1-10-11(2)26(20-17(23)8-14(28-5)9-18(20)24)12(3)25(10)19-15(21)6-13(27-4)7-16(19)22/h6-9,12H,1-5H3/q+2. The molecule has 0 bridgehead atoms. The van der Waals surface area contributed by atoms with Gasteiger partial charge in [0.1, 0.15) is 11.5 Å². The van der Waals surface area contributed by atoms with Gasteiger partial charge in [-0.3, -0.25) is 0 Å². The van der Waals surface area contributed by atoms with Gasteiger partial charge in [0.05, 0.1) is 21.1 Å². The van der Waals surface area contributed by atoms with E-state index in [4.69, 9.17) is 9.47 Å². The quantitative estimate of drug-likeness (QED) is 0.560. The van der Waals surface area contributed by atoms with Crippen LogP contribution in [0.4, 0.5) is 28.9 Å². The van der Waals surface area contributed by atoms with Gasteiger partial charge in [-0.15, -0.1) is 9.15 Å². The van der Waals surface area contributed by atoms with Crippen molar-refractivity contribution in [2.75, 3.05) is 14.2 Å². The summed E-state index contributed by atoms with van der Waals surface area (Å²) >= 11 is 0. The number of ether oxygens (including phenoxy) is 2. The van der Waals surface area contributed by atoms with Gasteiger partial charge in [0.2, 0.25) is 23.3 Å². The minimum atomic E-state index is -0.839. The minimum Gasteiger partial charge on any atom is -0.497 e. The molecule has 148 valence electrons. The molecule has 8 heteroatoms. The Morgan fingerprint density at radius 1 is 0.679 bits per heavy atom. The maximum absolute atomic E-state index is 14.6. The molecule has 0 atom stereocenters. The van der Waals surface area contributed by atoms with E-state index in [1.165, 1.54) is 23.4 Å². The van der Waals surface area contributed by atoms with Crippen LogP contribution in [-0.2, 0) is 0 Å². The van der Waals surface area contributed by atoms with Crippen LogP contribution in [0.5, 0.6) is 11.5 Å². The molecule has 0 aromatic heterocycles. The second kappa shape index (κ2) is 7.26. The van der Waals surface area contributed by atoms with Crippen LogP contribution in [-0.4, -0.2) is 41.0 Å². The Morgan fingerprint density at radius 3 is 1.21 bits per heavy atom. The van der Waals surface area contributed by atoms with Gasteiger partial charge in [0, 0.05) is 38.1 Å². The fourth-order valence-corrected chi connectivity index (χ4v) is 3.51. The van der Waals surface area contributed by atoms with Crippen LogP contribution in [0.2, 0.25) is 0 Å². The van der Waals surface area contributed by atoms with Crippen LogP contribution in [0.1, 0.15) is 20.8 Å². The number of hydrogen-bond acceptors (Lipinski definition) is 2. The van der Waals surface area contributed by atoms with E-state index in [1.54, 1.807) is 20.8 Å². The highest BCUT2D eigenvalue weighted by atomic mass is 19.1. The van der Waals surface area contributed by atoms with Crippen LogP contribution in [0.3, 0.4) is 0 Å². The number of benzene rings is 2. The number of methoxy groups -OCH3 is 2. The first-order valence-electron chi connectivity index (χ1n) is 8.53. The summed E-state index contributed by atoms with van der Waals surface area (Å²) in [6.45, 7) is 4.87. The van der Waals surface area contributed by atoms with Gasteiger partial charge in [-0.05, 0) is 0 Å². The summed E-state index contributed by atoms with van der Waals surface area (Å²) in [6, 6.07) is 4.24. The predicted molar refractivity (Wildman–Crippen MR) is 96.5 cm³/mol. The Balaban J connectivity index is 2.16. The van der Waals surface area contributed by atoms with Crippen LogP contribution < -0.4 is 9.47 Å². The first-order valence-corrected chi connectivity index (χ1v) is 8.53. The van der Waals surface area contributed by atoms with Crippen molar-refractivity contribution in [3.63, 3.8) is 0 Å². The van der Waals surface area contributed by atoms with E-state index >= 15 is 0 Å². The normalized spacial score (nSPS) is 14.9. The maximum atomic E-state index is 14.6. The second-order valence-corrected chi connectivity index (χ2v) is 6.42. The Hall–Kier alpha value is -2.90. The third-order valence-corrected chi connectivity index (χ3v) is 4.93. The minimum absolute atomic E-state index is 0.0352. The molecule has 1 aliphatic rings.